The van der Waals surface area contributed by atoms with Crippen LogP contribution in [0.15, 0.2) is 22.7 Å². The molecular formula is C16H23BrFN. The number of halogens is 2. The van der Waals surface area contributed by atoms with Crippen molar-refractivity contribution < 1.29 is 4.39 Å². The highest BCUT2D eigenvalue weighted by atomic mass is 79.9. The summed E-state index contributed by atoms with van der Waals surface area (Å²) in [6, 6.07) is 5.07. The molecule has 1 aliphatic carbocycles. The Bertz CT molecular complexity index is 452. The van der Waals surface area contributed by atoms with Crippen LogP contribution >= 0.6 is 15.9 Å². The molecule has 0 aromatic heterocycles. The van der Waals surface area contributed by atoms with Crippen molar-refractivity contribution in [2.24, 2.45) is 17.1 Å². The second-order valence-corrected chi connectivity index (χ2v) is 8.09. The molecule has 2 unspecified atom stereocenters. The second-order valence-electron chi connectivity index (χ2n) is 7.17. The summed E-state index contributed by atoms with van der Waals surface area (Å²) in [4.78, 5) is 0. The van der Waals surface area contributed by atoms with Gasteiger partial charge in [0.25, 0.3) is 0 Å². The van der Waals surface area contributed by atoms with E-state index in [2.05, 4.69) is 36.7 Å². The van der Waals surface area contributed by atoms with E-state index in [1.807, 2.05) is 6.07 Å². The van der Waals surface area contributed by atoms with Crippen molar-refractivity contribution in [3.8, 4) is 0 Å². The molecule has 1 aromatic rings. The van der Waals surface area contributed by atoms with Crippen LogP contribution in [0.25, 0.3) is 0 Å². The third-order valence-electron chi connectivity index (χ3n) is 3.97. The average molecular weight is 328 g/mol. The molecular weight excluding hydrogens is 305 g/mol. The maximum atomic E-state index is 13.5. The van der Waals surface area contributed by atoms with Crippen LogP contribution in [-0.2, 0) is 6.42 Å². The molecule has 0 bridgehead atoms. The van der Waals surface area contributed by atoms with Crippen LogP contribution in [0.2, 0.25) is 0 Å². The third-order valence-corrected chi connectivity index (χ3v) is 4.42. The SMILES string of the molecule is CC1CC(C)(C)CC(N)(Cc2cc(F)cc(Br)c2)C1. The first-order chi connectivity index (χ1) is 8.67. The molecule has 106 valence electrons. The third kappa shape index (κ3) is 4.03. The Morgan fingerprint density at radius 1 is 1.32 bits per heavy atom. The lowest BCUT2D eigenvalue weighted by molar-refractivity contribution is 0.108. The van der Waals surface area contributed by atoms with Crippen molar-refractivity contribution in [1.82, 2.24) is 0 Å². The van der Waals surface area contributed by atoms with Crippen molar-refractivity contribution in [1.29, 1.82) is 0 Å². The zero-order chi connectivity index (χ0) is 14.3. The summed E-state index contributed by atoms with van der Waals surface area (Å²) < 4.78 is 14.3. The molecule has 0 spiro atoms. The average Bonchev–Trinajstić information content (AvgIpc) is 2.08. The van der Waals surface area contributed by atoms with Crippen LogP contribution in [0, 0.1) is 17.2 Å². The van der Waals surface area contributed by atoms with E-state index in [0.29, 0.717) is 5.92 Å². The first-order valence-corrected chi connectivity index (χ1v) is 7.71. The van der Waals surface area contributed by atoms with Crippen molar-refractivity contribution in [3.05, 3.63) is 34.1 Å². The van der Waals surface area contributed by atoms with E-state index < -0.39 is 0 Å². The minimum absolute atomic E-state index is 0.198. The molecule has 0 amide bonds. The number of benzene rings is 1. The van der Waals surface area contributed by atoms with Crippen molar-refractivity contribution in [2.75, 3.05) is 0 Å². The maximum Gasteiger partial charge on any atom is 0.124 e. The van der Waals surface area contributed by atoms with Gasteiger partial charge in [-0.05, 0) is 60.8 Å². The Morgan fingerprint density at radius 2 is 2.00 bits per heavy atom. The zero-order valence-electron chi connectivity index (χ0n) is 12.0. The smallest absolute Gasteiger partial charge is 0.124 e. The maximum absolute atomic E-state index is 13.5. The van der Waals surface area contributed by atoms with Crippen molar-refractivity contribution in [2.45, 2.75) is 52.0 Å². The second kappa shape index (κ2) is 5.17. The standard InChI is InChI=1S/C16H23BrFN/c1-11-7-15(2,3)10-16(19,8-11)9-12-4-13(17)6-14(18)5-12/h4-6,11H,7-10,19H2,1-3H3. The van der Waals surface area contributed by atoms with Gasteiger partial charge in [-0.25, -0.2) is 4.39 Å². The number of nitrogens with two attached hydrogens (primary N) is 1. The molecule has 2 rings (SSSR count). The molecule has 0 saturated heterocycles. The Morgan fingerprint density at radius 3 is 2.58 bits per heavy atom. The van der Waals surface area contributed by atoms with Crippen molar-refractivity contribution >= 4 is 15.9 Å². The van der Waals surface area contributed by atoms with Gasteiger partial charge in [-0.3, -0.25) is 0 Å². The Kier molecular flexibility index (Phi) is 4.08. The lowest BCUT2D eigenvalue weighted by Crippen LogP contribution is -2.50. The van der Waals surface area contributed by atoms with Crippen LogP contribution < -0.4 is 5.73 Å². The van der Waals surface area contributed by atoms with E-state index in [-0.39, 0.29) is 16.8 Å². The van der Waals surface area contributed by atoms with E-state index in [0.717, 1.165) is 29.3 Å². The summed E-state index contributed by atoms with van der Waals surface area (Å²) in [5, 5.41) is 0. The van der Waals surface area contributed by atoms with Crippen LogP contribution in [-0.4, -0.2) is 5.54 Å². The summed E-state index contributed by atoms with van der Waals surface area (Å²) in [7, 11) is 0. The van der Waals surface area contributed by atoms with Crippen LogP contribution in [0.1, 0.15) is 45.6 Å². The number of hydrogen-bond donors (Lipinski definition) is 1. The molecule has 1 aromatic carbocycles. The zero-order valence-corrected chi connectivity index (χ0v) is 13.6. The van der Waals surface area contributed by atoms with Gasteiger partial charge in [0.2, 0.25) is 0 Å². The van der Waals surface area contributed by atoms with Gasteiger partial charge in [0.1, 0.15) is 5.82 Å². The molecule has 0 radical (unpaired) electrons. The fraction of sp³-hybridized carbons (Fsp3) is 0.625. The molecule has 1 nitrogen and oxygen atoms in total. The minimum atomic E-state index is -0.214. The molecule has 1 saturated carbocycles. The highest BCUT2D eigenvalue weighted by Gasteiger charge is 2.40. The van der Waals surface area contributed by atoms with Gasteiger partial charge in [0, 0.05) is 10.0 Å². The topological polar surface area (TPSA) is 26.0 Å². The normalized spacial score (nSPS) is 30.3. The fourth-order valence-corrected chi connectivity index (χ4v) is 4.57. The quantitative estimate of drug-likeness (QED) is 0.838. The Hall–Kier alpha value is -0.410. The van der Waals surface area contributed by atoms with Gasteiger partial charge in [-0.15, -0.1) is 0 Å². The molecule has 19 heavy (non-hydrogen) atoms. The molecule has 1 fully saturated rings. The largest absolute Gasteiger partial charge is 0.325 e. The van der Waals surface area contributed by atoms with Gasteiger partial charge in [-0.1, -0.05) is 36.7 Å². The summed E-state index contributed by atoms with van der Waals surface area (Å²) in [6.45, 7) is 6.83. The summed E-state index contributed by atoms with van der Waals surface area (Å²) in [5.74, 6) is 0.432. The predicted octanol–water partition coefficient (Wildman–Crippen LogP) is 4.67. The summed E-state index contributed by atoms with van der Waals surface area (Å²) >= 11 is 3.35. The summed E-state index contributed by atoms with van der Waals surface area (Å²) in [6.07, 6.45) is 3.99. The lowest BCUT2D eigenvalue weighted by atomic mass is 9.63. The van der Waals surface area contributed by atoms with E-state index in [9.17, 15) is 4.39 Å². The van der Waals surface area contributed by atoms with Gasteiger partial charge < -0.3 is 5.73 Å². The van der Waals surface area contributed by atoms with E-state index in [1.165, 1.54) is 12.5 Å². The monoisotopic (exact) mass is 327 g/mol. The molecule has 2 atom stereocenters. The Balaban J connectivity index is 2.20. The Labute approximate surface area is 123 Å². The van der Waals surface area contributed by atoms with Crippen LogP contribution in [0.5, 0.6) is 0 Å². The highest BCUT2D eigenvalue weighted by Crippen LogP contribution is 2.44. The highest BCUT2D eigenvalue weighted by molar-refractivity contribution is 9.10. The number of hydrogen-bond acceptors (Lipinski definition) is 1. The summed E-state index contributed by atoms with van der Waals surface area (Å²) in [5.41, 5.74) is 7.67. The first-order valence-electron chi connectivity index (χ1n) is 6.91. The van der Waals surface area contributed by atoms with E-state index in [1.54, 1.807) is 6.07 Å². The molecule has 0 aliphatic heterocycles. The lowest BCUT2D eigenvalue weighted by Gasteiger charge is -2.46. The van der Waals surface area contributed by atoms with Gasteiger partial charge in [0.05, 0.1) is 0 Å². The number of rotatable bonds is 2. The predicted molar refractivity (Wildman–Crippen MR) is 81.5 cm³/mol. The van der Waals surface area contributed by atoms with Gasteiger partial charge >= 0.3 is 0 Å². The first kappa shape index (κ1) is 15.0. The van der Waals surface area contributed by atoms with Crippen LogP contribution in [0.4, 0.5) is 4.39 Å². The minimum Gasteiger partial charge on any atom is -0.325 e. The van der Waals surface area contributed by atoms with Gasteiger partial charge in [0.15, 0.2) is 0 Å². The molecule has 1 aliphatic rings. The molecule has 3 heteroatoms. The van der Waals surface area contributed by atoms with Gasteiger partial charge in [-0.2, -0.15) is 0 Å². The fourth-order valence-electron chi connectivity index (χ4n) is 4.06. The van der Waals surface area contributed by atoms with E-state index in [4.69, 9.17) is 5.73 Å². The molecule has 2 N–H and O–H groups in total. The van der Waals surface area contributed by atoms with E-state index >= 15 is 0 Å². The van der Waals surface area contributed by atoms with Crippen molar-refractivity contribution in [3.63, 3.8) is 0 Å². The molecule has 0 heterocycles. The van der Waals surface area contributed by atoms with Crippen LogP contribution in [0.3, 0.4) is 0 Å².